The molecule has 3 unspecified atom stereocenters. The third-order valence-electron chi connectivity index (χ3n) is 6.36. The molecule has 9 heteroatoms. The van der Waals surface area contributed by atoms with Gasteiger partial charge in [0.1, 0.15) is 23.7 Å². The summed E-state index contributed by atoms with van der Waals surface area (Å²) in [6, 6.07) is 15.8. The fourth-order valence-electron chi connectivity index (χ4n) is 4.26. The standard InChI is InChI=1S/C31H41N3O6/c1-5-39-29(37)26(20-23-16-17-23)33-27(35)24(18-21-12-8-6-9-13-21)32-28(36)25(19-22-14-10-7-11-15-22)34-30(38)40-31(2,3)4/h6-15,23-26H,5,16-20H2,1-4H3,(H,32,36)(H,33,35)(H,34,38). The van der Waals surface area contributed by atoms with Crippen molar-refractivity contribution in [1.82, 2.24) is 16.0 Å². The van der Waals surface area contributed by atoms with Gasteiger partial charge in [0, 0.05) is 12.8 Å². The van der Waals surface area contributed by atoms with Crippen molar-refractivity contribution in [3.05, 3.63) is 71.8 Å². The van der Waals surface area contributed by atoms with Crippen molar-refractivity contribution < 1.29 is 28.7 Å². The van der Waals surface area contributed by atoms with E-state index in [-0.39, 0.29) is 19.4 Å². The first-order valence-corrected chi connectivity index (χ1v) is 13.9. The second kappa shape index (κ2) is 14.5. The summed E-state index contributed by atoms with van der Waals surface area (Å²) >= 11 is 0. The van der Waals surface area contributed by atoms with Crippen molar-refractivity contribution >= 4 is 23.9 Å². The van der Waals surface area contributed by atoms with Gasteiger partial charge >= 0.3 is 12.1 Å². The first kappa shape index (κ1) is 30.7. The maximum Gasteiger partial charge on any atom is 0.408 e. The lowest BCUT2D eigenvalue weighted by atomic mass is 10.0. The Bertz CT molecular complexity index is 1130. The van der Waals surface area contributed by atoms with Crippen LogP contribution >= 0.6 is 0 Å². The van der Waals surface area contributed by atoms with Crippen LogP contribution in [-0.4, -0.2) is 54.2 Å². The average molecular weight is 552 g/mol. The van der Waals surface area contributed by atoms with Gasteiger partial charge in [-0.05, 0) is 51.2 Å². The number of hydrogen-bond donors (Lipinski definition) is 3. The minimum atomic E-state index is -1.00. The molecule has 2 aromatic carbocycles. The highest BCUT2D eigenvalue weighted by Gasteiger charge is 2.34. The van der Waals surface area contributed by atoms with E-state index in [0.717, 1.165) is 24.0 Å². The SMILES string of the molecule is CCOC(=O)C(CC1CC1)NC(=O)C(Cc1ccccc1)NC(=O)C(Cc1ccccc1)NC(=O)OC(C)(C)C. The molecule has 1 aliphatic rings. The molecule has 0 heterocycles. The Kier molecular flexibility index (Phi) is 11.1. The number of ether oxygens (including phenoxy) is 2. The summed E-state index contributed by atoms with van der Waals surface area (Å²) in [7, 11) is 0. The molecule has 9 nitrogen and oxygen atoms in total. The van der Waals surface area contributed by atoms with Crippen LogP contribution in [0.3, 0.4) is 0 Å². The molecule has 1 aliphatic carbocycles. The number of amides is 3. The van der Waals surface area contributed by atoms with Crippen molar-refractivity contribution in [3.8, 4) is 0 Å². The number of benzene rings is 2. The van der Waals surface area contributed by atoms with E-state index in [1.165, 1.54) is 0 Å². The number of alkyl carbamates (subject to hydrolysis) is 1. The van der Waals surface area contributed by atoms with E-state index < -0.39 is 47.6 Å². The number of nitrogens with one attached hydrogen (secondary N) is 3. The molecule has 3 amide bonds. The first-order valence-electron chi connectivity index (χ1n) is 13.9. The zero-order valence-corrected chi connectivity index (χ0v) is 23.8. The summed E-state index contributed by atoms with van der Waals surface area (Å²) in [5.74, 6) is -1.15. The van der Waals surface area contributed by atoms with Crippen molar-refractivity contribution in [2.45, 2.75) is 83.5 Å². The highest BCUT2D eigenvalue weighted by atomic mass is 16.6. The summed E-state index contributed by atoms with van der Waals surface area (Å²) < 4.78 is 10.6. The van der Waals surface area contributed by atoms with Gasteiger partial charge in [-0.15, -0.1) is 0 Å². The molecule has 0 spiro atoms. The smallest absolute Gasteiger partial charge is 0.408 e. The van der Waals surface area contributed by atoms with Gasteiger partial charge in [0.15, 0.2) is 0 Å². The van der Waals surface area contributed by atoms with Crippen LogP contribution in [0.25, 0.3) is 0 Å². The Morgan fingerprint density at radius 3 is 1.70 bits per heavy atom. The molecule has 0 saturated heterocycles. The molecule has 3 N–H and O–H groups in total. The van der Waals surface area contributed by atoms with Crippen LogP contribution in [-0.2, 0) is 36.7 Å². The monoisotopic (exact) mass is 551 g/mol. The highest BCUT2D eigenvalue weighted by molar-refractivity contribution is 5.93. The molecule has 1 fully saturated rings. The molecule has 216 valence electrons. The summed E-state index contributed by atoms with van der Waals surface area (Å²) in [4.78, 5) is 52.4. The second-order valence-electron chi connectivity index (χ2n) is 11.1. The zero-order valence-electron chi connectivity index (χ0n) is 23.8. The summed E-state index contributed by atoms with van der Waals surface area (Å²) in [6.07, 6.45) is 2.16. The Labute approximate surface area is 236 Å². The molecular formula is C31H41N3O6. The van der Waals surface area contributed by atoms with Gasteiger partial charge in [-0.25, -0.2) is 9.59 Å². The van der Waals surface area contributed by atoms with Crippen LogP contribution in [0.4, 0.5) is 4.79 Å². The van der Waals surface area contributed by atoms with E-state index in [4.69, 9.17) is 9.47 Å². The molecular weight excluding hydrogens is 510 g/mol. The molecule has 2 aromatic rings. The van der Waals surface area contributed by atoms with Crippen molar-refractivity contribution in [1.29, 1.82) is 0 Å². The fraction of sp³-hybridized carbons (Fsp3) is 0.484. The predicted molar refractivity (Wildman–Crippen MR) is 151 cm³/mol. The molecule has 40 heavy (non-hydrogen) atoms. The molecule has 0 aliphatic heterocycles. The molecule has 0 radical (unpaired) electrons. The minimum absolute atomic E-state index is 0.193. The van der Waals surface area contributed by atoms with Crippen LogP contribution in [0.5, 0.6) is 0 Å². The van der Waals surface area contributed by atoms with E-state index in [9.17, 15) is 19.2 Å². The van der Waals surface area contributed by atoms with Crippen LogP contribution in [0, 0.1) is 5.92 Å². The Morgan fingerprint density at radius 2 is 1.25 bits per heavy atom. The third kappa shape index (κ3) is 10.7. The lowest BCUT2D eigenvalue weighted by molar-refractivity contribution is -0.148. The van der Waals surface area contributed by atoms with Gasteiger partial charge in [0.05, 0.1) is 6.61 Å². The molecule has 0 bridgehead atoms. The van der Waals surface area contributed by atoms with Gasteiger partial charge < -0.3 is 25.4 Å². The van der Waals surface area contributed by atoms with E-state index in [1.807, 2.05) is 60.7 Å². The van der Waals surface area contributed by atoms with Crippen molar-refractivity contribution in [2.24, 2.45) is 5.92 Å². The number of esters is 1. The minimum Gasteiger partial charge on any atom is -0.464 e. The number of rotatable bonds is 13. The normalized spacial score (nSPS) is 15.2. The molecule has 0 aromatic heterocycles. The highest BCUT2D eigenvalue weighted by Crippen LogP contribution is 2.33. The van der Waals surface area contributed by atoms with Crippen molar-refractivity contribution in [3.63, 3.8) is 0 Å². The fourth-order valence-corrected chi connectivity index (χ4v) is 4.26. The van der Waals surface area contributed by atoms with Crippen LogP contribution in [0.1, 0.15) is 58.1 Å². The van der Waals surface area contributed by atoms with Gasteiger partial charge in [-0.1, -0.05) is 73.5 Å². The largest absolute Gasteiger partial charge is 0.464 e. The molecule has 3 atom stereocenters. The number of carbonyl (C=O) groups excluding carboxylic acids is 4. The maximum atomic E-state index is 13.6. The third-order valence-corrected chi connectivity index (χ3v) is 6.36. The van der Waals surface area contributed by atoms with Crippen molar-refractivity contribution in [2.75, 3.05) is 6.61 Å². The van der Waals surface area contributed by atoms with E-state index in [2.05, 4.69) is 16.0 Å². The van der Waals surface area contributed by atoms with E-state index in [1.54, 1.807) is 27.7 Å². The summed E-state index contributed by atoms with van der Waals surface area (Å²) in [5.41, 5.74) is 0.907. The van der Waals surface area contributed by atoms with Crippen LogP contribution in [0.2, 0.25) is 0 Å². The van der Waals surface area contributed by atoms with E-state index >= 15 is 0 Å². The lowest BCUT2D eigenvalue weighted by Crippen LogP contribution is -2.57. The molecule has 1 saturated carbocycles. The number of hydrogen-bond acceptors (Lipinski definition) is 6. The average Bonchev–Trinajstić information content (AvgIpc) is 3.72. The van der Waals surface area contributed by atoms with Gasteiger partial charge in [-0.2, -0.15) is 0 Å². The molecule has 3 rings (SSSR count). The van der Waals surface area contributed by atoms with Gasteiger partial charge in [0.2, 0.25) is 11.8 Å². The second-order valence-corrected chi connectivity index (χ2v) is 11.1. The predicted octanol–water partition coefficient (Wildman–Crippen LogP) is 3.70. The zero-order chi connectivity index (χ0) is 29.1. The Balaban J connectivity index is 1.81. The summed E-state index contributed by atoms with van der Waals surface area (Å²) in [5, 5.41) is 8.31. The number of carbonyl (C=O) groups is 4. The van der Waals surface area contributed by atoms with E-state index in [0.29, 0.717) is 12.3 Å². The lowest BCUT2D eigenvalue weighted by Gasteiger charge is -2.26. The van der Waals surface area contributed by atoms with Gasteiger partial charge in [-0.3, -0.25) is 9.59 Å². The van der Waals surface area contributed by atoms with Crippen LogP contribution < -0.4 is 16.0 Å². The first-order chi connectivity index (χ1) is 19.0. The topological polar surface area (TPSA) is 123 Å². The Hall–Kier alpha value is -3.88. The Morgan fingerprint density at radius 1 is 0.775 bits per heavy atom. The quantitative estimate of drug-likeness (QED) is 0.326. The van der Waals surface area contributed by atoms with Gasteiger partial charge in [0.25, 0.3) is 0 Å². The summed E-state index contributed by atoms with van der Waals surface area (Å²) in [6.45, 7) is 7.14. The van der Waals surface area contributed by atoms with Crippen LogP contribution in [0.15, 0.2) is 60.7 Å². The maximum absolute atomic E-state index is 13.6.